The van der Waals surface area contributed by atoms with E-state index in [0.717, 1.165) is 11.3 Å². The predicted molar refractivity (Wildman–Crippen MR) is 108 cm³/mol. The number of amides is 2. The molecule has 2 rings (SSSR count). The van der Waals surface area contributed by atoms with Crippen LogP contribution in [0.25, 0.3) is 6.08 Å². The lowest BCUT2D eigenvalue weighted by molar-refractivity contribution is -0.136. The number of hydrogen-bond donors (Lipinski definition) is 0. The molecule has 0 bridgehead atoms. The third-order valence-electron chi connectivity index (χ3n) is 4.12. The lowest BCUT2D eigenvalue weighted by Crippen LogP contribution is -2.40. The van der Waals surface area contributed by atoms with Crippen LogP contribution < -0.4 is 4.74 Å². The van der Waals surface area contributed by atoms with Gasteiger partial charge in [0.25, 0.3) is 0 Å². The summed E-state index contributed by atoms with van der Waals surface area (Å²) in [5.41, 5.74) is 0.847. The van der Waals surface area contributed by atoms with Crippen LogP contribution in [0.4, 0.5) is 0 Å². The van der Waals surface area contributed by atoms with Crippen LogP contribution in [-0.4, -0.2) is 48.3 Å². The molecule has 27 heavy (non-hydrogen) atoms. The number of carbonyl (C=O) groups excluding carboxylic acids is 2. The fourth-order valence-electron chi connectivity index (χ4n) is 2.56. The summed E-state index contributed by atoms with van der Waals surface area (Å²) >= 11 is 0. The quantitative estimate of drug-likeness (QED) is 0.668. The molecule has 2 aromatic carbocycles. The van der Waals surface area contributed by atoms with Crippen molar-refractivity contribution < 1.29 is 14.3 Å². The van der Waals surface area contributed by atoms with Gasteiger partial charge in [0.05, 0.1) is 6.54 Å². The van der Waals surface area contributed by atoms with Crippen LogP contribution >= 0.6 is 0 Å². The number of nitrogens with zero attached hydrogens (tertiary/aromatic N) is 2. The topological polar surface area (TPSA) is 49.9 Å². The SMILES string of the molecule is CCN(CC)C(=O)CN(C)C(=O)/C=C/c1cccc(Oc2ccccc2)c1. The van der Waals surface area contributed by atoms with E-state index in [1.807, 2.05) is 68.4 Å². The van der Waals surface area contributed by atoms with E-state index in [1.165, 1.54) is 11.0 Å². The van der Waals surface area contributed by atoms with E-state index in [0.29, 0.717) is 18.8 Å². The first-order valence-electron chi connectivity index (χ1n) is 9.07. The van der Waals surface area contributed by atoms with Crippen molar-refractivity contribution in [3.63, 3.8) is 0 Å². The third-order valence-corrected chi connectivity index (χ3v) is 4.12. The van der Waals surface area contributed by atoms with Crippen LogP contribution in [-0.2, 0) is 9.59 Å². The highest BCUT2D eigenvalue weighted by atomic mass is 16.5. The monoisotopic (exact) mass is 366 g/mol. The van der Waals surface area contributed by atoms with Crippen molar-refractivity contribution >= 4 is 17.9 Å². The number of benzene rings is 2. The van der Waals surface area contributed by atoms with Crippen molar-refractivity contribution in [1.29, 1.82) is 0 Å². The molecule has 0 saturated heterocycles. The highest BCUT2D eigenvalue weighted by molar-refractivity contribution is 5.94. The lowest BCUT2D eigenvalue weighted by Gasteiger charge is -2.22. The fraction of sp³-hybridized carbons (Fsp3) is 0.273. The zero-order valence-electron chi connectivity index (χ0n) is 16.1. The van der Waals surface area contributed by atoms with Gasteiger partial charge in [-0.1, -0.05) is 30.3 Å². The van der Waals surface area contributed by atoms with Gasteiger partial charge in [0.1, 0.15) is 11.5 Å². The maximum Gasteiger partial charge on any atom is 0.246 e. The van der Waals surface area contributed by atoms with Gasteiger partial charge >= 0.3 is 0 Å². The molecule has 0 aliphatic heterocycles. The van der Waals surface area contributed by atoms with Crippen LogP contribution in [0.5, 0.6) is 11.5 Å². The minimum Gasteiger partial charge on any atom is -0.457 e. The predicted octanol–water partition coefficient (Wildman–Crippen LogP) is 3.82. The summed E-state index contributed by atoms with van der Waals surface area (Å²) in [4.78, 5) is 27.5. The molecule has 0 saturated carbocycles. The molecule has 0 atom stereocenters. The molecule has 0 heterocycles. The first-order chi connectivity index (χ1) is 13.0. The highest BCUT2D eigenvalue weighted by Crippen LogP contribution is 2.22. The summed E-state index contributed by atoms with van der Waals surface area (Å²) in [7, 11) is 1.63. The zero-order valence-corrected chi connectivity index (χ0v) is 16.1. The minimum atomic E-state index is -0.218. The summed E-state index contributed by atoms with van der Waals surface area (Å²) in [6.07, 6.45) is 3.19. The molecule has 0 N–H and O–H groups in total. The number of para-hydroxylation sites is 1. The molecule has 2 aromatic rings. The van der Waals surface area contributed by atoms with E-state index < -0.39 is 0 Å². The van der Waals surface area contributed by atoms with Crippen LogP contribution in [0, 0.1) is 0 Å². The maximum absolute atomic E-state index is 12.3. The van der Waals surface area contributed by atoms with Gasteiger partial charge in [0.15, 0.2) is 0 Å². The molecule has 0 aromatic heterocycles. The second-order valence-corrected chi connectivity index (χ2v) is 6.08. The van der Waals surface area contributed by atoms with Crippen molar-refractivity contribution in [1.82, 2.24) is 9.80 Å². The van der Waals surface area contributed by atoms with Crippen LogP contribution in [0.15, 0.2) is 60.7 Å². The average Bonchev–Trinajstić information content (AvgIpc) is 2.68. The standard InChI is InChI=1S/C22H26N2O3/c1-4-24(5-2)22(26)17-23(3)21(25)15-14-18-10-9-13-20(16-18)27-19-11-7-6-8-12-19/h6-16H,4-5,17H2,1-3H3/b15-14+. The number of likely N-dealkylation sites (N-methyl/N-ethyl adjacent to an activating group) is 2. The van der Waals surface area contributed by atoms with Gasteiger partial charge in [-0.25, -0.2) is 0 Å². The Hall–Kier alpha value is -3.08. The van der Waals surface area contributed by atoms with Gasteiger partial charge in [-0.05, 0) is 49.8 Å². The molecule has 0 fully saturated rings. The van der Waals surface area contributed by atoms with E-state index in [9.17, 15) is 9.59 Å². The molecule has 0 aliphatic rings. The zero-order chi connectivity index (χ0) is 19.6. The molecular weight excluding hydrogens is 340 g/mol. The Morgan fingerprint density at radius 1 is 0.963 bits per heavy atom. The molecule has 0 aliphatic carbocycles. The molecular formula is C22H26N2O3. The normalized spacial score (nSPS) is 10.6. The fourth-order valence-corrected chi connectivity index (χ4v) is 2.56. The smallest absolute Gasteiger partial charge is 0.246 e. The summed E-state index contributed by atoms with van der Waals surface area (Å²) in [6.45, 7) is 5.20. The second-order valence-electron chi connectivity index (χ2n) is 6.08. The lowest BCUT2D eigenvalue weighted by atomic mass is 10.2. The molecule has 2 amide bonds. The maximum atomic E-state index is 12.3. The van der Waals surface area contributed by atoms with Crippen molar-refractivity contribution in [2.45, 2.75) is 13.8 Å². The van der Waals surface area contributed by atoms with Crippen LogP contribution in [0.3, 0.4) is 0 Å². The summed E-state index contributed by atoms with van der Waals surface area (Å²) in [5.74, 6) is 1.18. The molecule has 142 valence electrons. The molecule has 0 unspecified atom stereocenters. The average molecular weight is 366 g/mol. The van der Waals surface area contributed by atoms with Gasteiger partial charge in [-0.2, -0.15) is 0 Å². The first-order valence-corrected chi connectivity index (χ1v) is 9.07. The van der Waals surface area contributed by atoms with Gasteiger partial charge < -0.3 is 14.5 Å². The minimum absolute atomic E-state index is 0.0532. The number of carbonyl (C=O) groups is 2. The highest BCUT2D eigenvalue weighted by Gasteiger charge is 2.14. The van der Waals surface area contributed by atoms with Crippen molar-refractivity contribution in [3.8, 4) is 11.5 Å². The van der Waals surface area contributed by atoms with E-state index in [4.69, 9.17) is 4.74 Å². The van der Waals surface area contributed by atoms with Crippen molar-refractivity contribution in [2.75, 3.05) is 26.7 Å². The van der Waals surface area contributed by atoms with E-state index in [-0.39, 0.29) is 18.4 Å². The Morgan fingerprint density at radius 2 is 1.63 bits per heavy atom. The van der Waals surface area contributed by atoms with E-state index in [1.54, 1.807) is 18.0 Å². The summed E-state index contributed by atoms with van der Waals surface area (Å²) in [5, 5.41) is 0. The molecule has 5 heteroatoms. The number of rotatable bonds is 8. The molecule has 5 nitrogen and oxygen atoms in total. The molecule has 0 spiro atoms. The number of hydrogen-bond acceptors (Lipinski definition) is 3. The second kappa shape index (κ2) is 10.2. The van der Waals surface area contributed by atoms with Gasteiger partial charge in [-0.3, -0.25) is 9.59 Å². The van der Waals surface area contributed by atoms with Gasteiger partial charge in [0.2, 0.25) is 11.8 Å². The van der Waals surface area contributed by atoms with Crippen molar-refractivity contribution in [2.24, 2.45) is 0 Å². The Balaban J connectivity index is 1.97. The summed E-state index contributed by atoms with van der Waals surface area (Å²) in [6, 6.07) is 17.0. The Bertz CT molecular complexity index is 783. The Morgan fingerprint density at radius 3 is 2.30 bits per heavy atom. The van der Waals surface area contributed by atoms with Gasteiger partial charge in [-0.15, -0.1) is 0 Å². The Kier molecular flexibility index (Phi) is 7.62. The van der Waals surface area contributed by atoms with E-state index >= 15 is 0 Å². The third kappa shape index (κ3) is 6.29. The first kappa shape index (κ1) is 20.2. The Labute approximate surface area is 160 Å². The van der Waals surface area contributed by atoms with Crippen LogP contribution in [0.2, 0.25) is 0 Å². The van der Waals surface area contributed by atoms with Crippen molar-refractivity contribution in [3.05, 3.63) is 66.2 Å². The van der Waals surface area contributed by atoms with Crippen LogP contribution in [0.1, 0.15) is 19.4 Å². The van der Waals surface area contributed by atoms with Gasteiger partial charge in [0, 0.05) is 26.2 Å². The van der Waals surface area contributed by atoms with E-state index in [2.05, 4.69) is 0 Å². The molecule has 0 radical (unpaired) electrons. The summed E-state index contributed by atoms with van der Waals surface area (Å²) < 4.78 is 5.80. The largest absolute Gasteiger partial charge is 0.457 e. The number of ether oxygens (including phenoxy) is 1.